The van der Waals surface area contributed by atoms with Crippen LogP contribution in [0.2, 0.25) is 5.02 Å². The Hall–Kier alpha value is -4.15. The van der Waals surface area contributed by atoms with Crippen molar-refractivity contribution in [1.82, 2.24) is 15.6 Å². The second kappa shape index (κ2) is 10.6. The number of aliphatic imine (C=N–C) groups is 1. The van der Waals surface area contributed by atoms with Gasteiger partial charge >= 0.3 is 0 Å². The van der Waals surface area contributed by atoms with E-state index in [4.69, 9.17) is 17.3 Å². The SMILES string of the molecule is NC(=O)C1(c2ccc(NC(=O)c3ccc(F)cc3Cl)cc2)NCN=C1C(=O)NCCc1cccnc1. The first kappa shape index (κ1) is 25.0. The van der Waals surface area contributed by atoms with Crippen LogP contribution in [0.3, 0.4) is 0 Å². The topological polar surface area (TPSA) is 139 Å². The number of benzene rings is 2. The number of carbonyl (C=O) groups excluding carboxylic acids is 3. The summed E-state index contributed by atoms with van der Waals surface area (Å²) in [5, 5.41) is 8.34. The number of halogens is 2. The summed E-state index contributed by atoms with van der Waals surface area (Å²) < 4.78 is 13.3. The zero-order valence-corrected chi connectivity index (χ0v) is 19.7. The molecule has 4 rings (SSSR count). The number of carbonyl (C=O) groups is 3. The highest BCUT2D eigenvalue weighted by molar-refractivity contribution is 6.47. The summed E-state index contributed by atoms with van der Waals surface area (Å²) in [6.07, 6.45) is 3.92. The van der Waals surface area contributed by atoms with E-state index in [1.807, 2.05) is 6.07 Å². The van der Waals surface area contributed by atoms with Gasteiger partial charge in [0.15, 0.2) is 5.54 Å². The molecule has 0 saturated carbocycles. The lowest BCUT2D eigenvalue weighted by molar-refractivity contribution is -0.123. The highest BCUT2D eigenvalue weighted by Crippen LogP contribution is 2.28. The van der Waals surface area contributed by atoms with Crippen molar-refractivity contribution < 1.29 is 18.8 Å². The minimum absolute atomic E-state index is 0.0237. The van der Waals surface area contributed by atoms with Crippen molar-refractivity contribution in [1.29, 1.82) is 0 Å². The molecule has 1 unspecified atom stereocenters. The van der Waals surface area contributed by atoms with E-state index in [1.54, 1.807) is 42.7 Å². The van der Waals surface area contributed by atoms with Crippen LogP contribution < -0.4 is 21.7 Å². The van der Waals surface area contributed by atoms with Crippen molar-refractivity contribution in [2.75, 3.05) is 18.5 Å². The van der Waals surface area contributed by atoms with Gasteiger partial charge in [0.05, 0.1) is 17.3 Å². The van der Waals surface area contributed by atoms with Crippen molar-refractivity contribution in [3.05, 3.63) is 94.5 Å². The van der Waals surface area contributed by atoms with Gasteiger partial charge in [-0.2, -0.15) is 0 Å². The second-order valence-corrected chi connectivity index (χ2v) is 8.39. The Balaban J connectivity index is 1.49. The van der Waals surface area contributed by atoms with Crippen molar-refractivity contribution in [3.8, 4) is 0 Å². The number of amides is 3. The van der Waals surface area contributed by atoms with Crippen LogP contribution in [0.4, 0.5) is 10.1 Å². The van der Waals surface area contributed by atoms with Crippen LogP contribution in [0.1, 0.15) is 21.5 Å². The third-order valence-electron chi connectivity index (χ3n) is 5.69. The minimum atomic E-state index is -1.64. The number of nitrogens with two attached hydrogens (primary N) is 1. The van der Waals surface area contributed by atoms with E-state index in [0.717, 1.165) is 17.7 Å². The fourth-order valence-corrected chi connectivity index (χ4v) is 4.15. The normalized spacial score (nSPS) is 16.8. The van der Waals surface area contributed by atoms with Crippen molar-refractivity contribution in [2.24, 2.45) is 10.7 Å². The first-order valence-electron chi connectivity index (χ1n) is 10.9. The van der Waals surface area contributed by atoms with Gasteiger partial charge in [0, 0.05) is 24.6 Å². The maximum Gasteiger partial charge on any atom is 0.268 e. The van der Waals surface area contributed by atoms with Crippen LogP contribution in [0.25, 0.3) is 0 Å². The Morgan fingerprint density at radius 1 is 1.11 bits per heavy atom. The second-order valence-electron chi connectivity index (χ2n) is 7.98. The first-order valence-corrected chi connectivity index (χ1v) is 11.3. The standard InChI is InChI=1S/C25H22ClFN6O3/c26-20-12-17(27)5-8-19(20)22(34)33-18-6-3-16(4-7-18)25(24(28)36)21(31-14-32-25)23(35)30-11-9-15-2-1-10-29-13-15/h1-8,10,12-13,32H,9,11,14H2,(H2,28,36)(H,30,35)(H,33,34). The van der Waals surface area contributed by atoms with E-state index in [2.05, 4.69) is 25.9 Å². The number of aromatic nitrogens is 1. The number of hydrogen-bond acceptors (Lipinski definition) is 6. The molecule has 1 aliphatic rings. The fourth-order valence-electron chi connectivity index (χ4n) is 3.89. The highest BCUT2D eigenvalue weighted by Gasteiger charge is 2.49. The Morgan fingerprint density at radius 2 is 1.89 bits per heavy atom. The Morgan fingerprint density at radius 3 is 2.56 bits per heavy atom. The zero-order chi connectivity index (χ0) is 25.7. The molecule has 1 aromatic heterocycles. The molecule has 3 aromatic rings. The van der Waals surface area contributed by atoms with Gasteiger partial charge in [0.2, 0.25) is 5.91 Å². The molecular weight excluding hydrogens is 487 g/mol. The number of nitrogens with one attached hydrogen (secondary N) is 3. The Bertz CT molecular complexity index is 1330. The lowest BCUT2D eigenvalue weighted by Gasteiger charge is -2.28. The van der Waals surface area contributed by atoms with E-state index < -0.39 is 29.1 Å². The van der Waals surface area contributed by atoms with Crippen LogP contribution >= 0.6 is 11.6 Å². The summed E-state index contributed by atoms with van der Waals surface area (Å²) in [6.45, 7) is 0.338. The molecule has 3 amide bonds. The van der Waals surface area contributed by atoms with Crippen LogP contribution in [-0.4, -0.2) is 41.6 Å². The first-order chi connectivity index (χ1) is 17.3. The van der Waals surface area contributed by atoms with Gasteiger partial charge in [-0.3, -0.25) is 29.7 Å². The number of anilines is 1. The smallest absolute Gasteiger partial charge is 0.268 e. The Labute approximate surface area is 211 Å². The third-order valence-corrected chi connectivity index (χ3v) is 6.01. The zero-order valence-electron chi connectivity index (χ0n) is 18.9. The maximum absolute atomic E-state index is 13.3. The summed E-state index contributed by atoms with van der Waals surface area (Å²) >= 11 is 5.96. The maximum atomic E-state index is 13.3. The molecule has 1 atom stereocenters. The van der Waals surface area contributed by atoms with Gasteiger partial charge in [-0.25, -0.2) is 4.39 Å². The van der Waals surface area contributed by atoms with Crippen LogP contribution in [0.15, 0.2) is 72.0 Å². The number of hydrogen-bond donors (Lipinski definition) is 4. The largest absolute Gasteiger partial charge is 0.367 e. The van der Waals surface area contributed by atoms with E-state index >= 15 is 0 Å². The van der Waals surface area contributed by atoms with E-state index in [-0.39, 0.29) is 23.0 Å². The lowest BCUT2D eigenvalue weighted by Crippen LogP contribution is -2.58. The van der Waals surface area contributed by atoms with Crippen LogP contribution in [0.5, 0.6) is 0 Å². The molecule has 5 N–H and O–H groups in total. The molecule has 0 radical (unpaired) electrons. The van der Waals surface area contributed by atoms with Crippen LogP contribution in [0, 0.1) is 5.82 Å². The summed E-state index contributed by atoms with van der Waals surface area (Å²) in [5.41, 5.74) is 5.89. The summed E-state index contributed by atoms with van der Waals surface area (Å²) in [7, 11) is 0. The molecule has 1 aliphatic heterocycles. The molecule has 0 bridgehead atoms. The number of primary amides is 1. The summed E-state index contributed by atoms with van der Waals surface area (Å²) in [5.74, 6) is -2.41. The van der Waals surface area contributed by atoms with E-state index in [9.17, 15) is 18.8 Å². The molecule has 0 fully saturated rings. The average Bonchev–Trinajstić information content (AvgIpc) is 3.31. The van der Waals surface area contributed by atoms with Crippen molar-refractivity contribution in [2.45, 2.75) is 12.0 Å². The number of rotatable bonds is 8. The fraction of sp³-hybridized carbons (Fsp3) is 0.160. The van der Waals surface area contributed by atoms with Gasteiger partial charge in [-0.1, -0.05) is 29.8 Å². The number of pyridine rings is 1. The monoisotopic (exact) mass is 508 g/mol. The molecule has 9 nitrogen and oxygen atoms in total. The van der Waals surface area contributed by atoms with Gasteiger partial charge in [0.25, 0.3) is 11.8 Å². The highest BCUT2D eigenvalue weighted by atomic mass is 35.5. The predicted molar refractivity (Wildman–Crippen MR) is 133 cm³/mol. The van der Waals surface area contributed by atoms with E-state index in [0.29, 0.717) is 24.2 Å². The van der Waals surface area contributed by atoms with Gasteiger partial charge in [-0.15, -0.1) is 0 Å². The summed E-state index contributed by atoms with van der Waals surface area (Å²) in [4.78, 5) is 46.3. The van der Waals surface area contributed by atoms with Crippen LogP contribution in [-0.2, 0) is 21.5 Å². The molecule has 0 aliphatic carbocycles. The molecule has 184 valence electrons. The lowest BCUT2D eigenvalue weighted by atomic mass is 9.84. The molecule has 11 heteroatoms. The quantitative estimate of drug-likeness (QED) is 0.369. The minimum Gasteiger partial charge on any atom is -0.367 e. The van der Waals surface area contributed by atoms with Gasteiger partial charge in [-0.05, 0) is 53.9 Å². The van der Waals surface area contributed by atoms with E-state index in [1.165, 1.54) is 6.07 Å². The predicted octanol–water partition coefficient (Wildman–Crippen LogP) is 2.17. The third kappa shape index (κ3) is 5.09. The molecule has 2 heterocycles. The van der Waals surface area contributed by atoms with Crippen molar-refractivity contribution >= 4 is 40.7 Å². The molecule has 0 saturated heterocycles. The molecule has 0 spiro atoms. The molecule has 2 aromatic carbocycles. The molecule has 36 heavy (non-hydrogen) atoms. The molecular formula is C25H22ClFN6O3. The average molecular weight is 509 g/mol. The summed E-state index contributed by atoms with van der Waals surface area (Å²) in [6, 6.07) is 13.4. The van der Waals surface area contributed by atoms with Crippen molar-refractivity contribution in [3.63, 3.8) is 0 Å². The van der Waals surface area contributed by atoms with Gasteiger partial charge < -0.3 is 16.4 Å². The van der Waals surface area contributed by atoms with Gasteiger partial charge in [0.1, 0.15) is 11.5 Å². The number of nitrogens with zero attached hydrogens (tertiary/aromatic N) is 2. The Kier molecular flexibility index (Phi) is 7.37.